The van der Waals surface area contributed by atoms with E-state index in [9.17, 15) is 4.39 Å². The second kappa shape index (κ2) is 8.98. The minimum Gasteiger partial charge on any atom is -0.206 e. The van der Waals surface area contributed by atoms with Crippen molar-refractivity contribution in [1.82, 2.24) is 0 Å². The molecule has 0 N–H and O–H groups in total. The fourth-order valence-electron chi connectivity index (χ4n) is 5.93. The maximum absolute atomic E-state index is 15.0. The van der Waals surface area contributed by atoms with Gasteiger partial charge >= 0.3 is 0 Å². The van der Waals surface area contributed by atoms with Gasteiger partial charge in [-0.2, -0.15) is 0 Å². The van der Waals surface area contributed by atoms with Crippen molar-refractivity contribution in [3.05, 3.63) is 59.2 Å². The number of benzene rings is 2. The van der Waals surface area contributed by atoms with Crippen LogP contribution >= 0.6 is 0 Å². The van der Waals surface area contributed by atoms with E-state index in [4.69, 9.17) is 0 Å². The van der Waals surface area contributed by atoms with E-state index in [1.54, 1.807) is 6.07 Å². The van der Waals surface area contributed by atoms with Crippen LogP contribution in [0.4, 0.5) is 8.78 Å². The molecule has 2 aromatic rings. The number of rotatable bonds is 5. The van der Waals surface area contributed by atoms with Crippen molar-refractivity contribution in [3.63, 3.8) is 0 Å². The summed E-state index contributed by atoms with van der Waals surface area (Å²) in [5.41, 5.74) is 1.68. The maximum atomic E-state index is 15.0. The number of halogens is 2. The highest BCUT2D eigenvalue weighted by Gasteiger charge is 2.35. The first-order valence-corrected chi connectivity index (χ1v) is 11.6. The molecule has 0 aliphatic heterocycles. The fraction of sp³-hybridized carbons (Fsp3) is 0.556. The van der Waals surface area contributed by atoms with E-state index in [2.05, 4.69) is 13.0 Å². The summed E-state index contributed by atoms with van der Waals surface area (Å²) in [7, 11) is 0. The third-order valence-electron chi connectivity index (χ3n) is 7.69. The summed E-state index contributed by atoms with van der Waals surface area (Å²) in [6.07, 6.45) is 14.4. The van der Waals surface area contributed by atoms with Gasteiger partial charge in [0.1, 0.15) is 11.6 Å². The summed E-state index contributed by atoms with van der Waals surface area (Å²) >= 11 is 0. The molecule has 29 heavy (non-hydrogen) atoms. The van der Waals surface area contributed by atoms with Crippen LogP contribution in [0.25, 0.3) is 10.8 Å². The van der Waals surface area contributed by atoms with E-state index < -0.39 is 0 Å². The Balaban J connectivity index is 1.55. The van der Waals surface area contributed by atoms with Crippen LogP contribution in [-0.2, 0) is 6.42 Å². The highest BCUT2D eigenvalue weighted by molar-refractivity contribution is 5.85. The van der Waals surface area contributed by atoms with Crippen LogP contribution in [0.15, 0.2) is 36.4 Å². The van der Waals surface area contributed by atoms with Gasteiger partial charge in [0.15, 0.2) is 0 Å². The summed E-state index contributed by atoms with van der Waals surface area (Å²) in [5, 5.41) is 0.882. The average Bonchev–Trinajstić information content (AvgIpc) is 2.74. The molecule has 4 atom stereocenters. The molecule has 0 amide bonds. The van der Waals surface area contributed by atoms with E-state index in [1.165, 1.54) is 38.5 Å². The van der Waals surface area contributed by atoms with Crippen LogP contribution in [-0.4, -0.2) is 0 Å². The molecule has 0 saturated heterocycles. The van der Waals surface area contributed by atoms with E-state index in [1.807, 2.05) is 31.2 Å². The van der Waals surface area contributed by atoms with E-state index in [0.29, 0.717) is 23.3 Å². The Labute approximate surface area is 174 Å². The quantitative estimate of drug-likeness (QED) is 0.446. The van der Waals surface area contributed by atoms with Crippen LogP contribution in [0.1, 0.15) is 82.3 Å². The molecule has 0 aromatic heterocycles. The molecule has 0 heterocycles. The third kappa shape index (κ3) is 4.27. The Hall–Kier alpha value is -1.70. The van der Waals surface area contributed by atoms with Gasteiger partial charge in [-0.25, -0.2) is 8.78 Å². The van der Waals surface area contributed by atoms with Gasteiger partial charge in [-0.1, -0.05) is 50.1 Å². The lowest BCUT2D eigenvalue weighted by atomic mass is 9.63. The van der Waals surface area contributed by atoms with Crippen molar-refractivity contribution in [3.8, 4) is 0 Å². The van der Waals surface area contributed by atoms with E-state index in [-0.39, 0.29) is 17.0 Å². The molecule has 0 radical (unpaired) electrons. The Kier molecular flexibility index (Phi) is 6.37. The lowest BCUT2D eigenvalue weighted by molar-refractivity contribution is 0.116. The van der Waals surface area contributed by atoms with Gasteiger partial charge in [-0.15, -0.1) is 0 Å². The summed E-state index contributed by atoms with van der Waals surface area (Å²) in [5.74, 6) is 2.23. The van der Waals surface area contributed by atoms with Crippen LogP contribution in [0.2, 0.25) is 0 Å². The molecule has 0 nitrogen and oxygen atoms in total. The topological polar surface area (TPSA) is 0 Å². The fourth-order valence-corrected chi connectivity index (χ4v) is 5.93. The van der Waals surface area contributed by atoms with E-state index >= 15 is 4.39 Å². The standard InChI is InChI=1S/C27H34F2/c1-3-5-6-7-19-10-13-23-16-24(17-25(28)26(23)27(19)29)22-12-11-20-14-18(4-2)8-9-21(20)15-22/h3,5,10,13,16-18,20-22H,4,6-9,11-12,14-15H2,1-2H3/b5-3+. The molecule has 2 aromatic carbocycles. The van der Waals surface area contributed by atoms with Crippen molar-refractivity contribution < 1.29 is 8.78 Å². The molecular formula is C27H34F2. The van der Waals surface area contributed by atoms with Gasteiger partial charge in [-0.05, 0) is 98.1 Å². The maximum Gasteiger partial charge on any atom is 0.137 e. The minimum absolute atomic E-state index is 0.170. The highest BCUT2D eigenvalue weighted by atomic mass is 19.1. The molecule has 4 rings (SSSR count). The zero-order valence-electron chi connectivity index (χ0n) is 17.9. The third-order valence-corrected chi connectivity index (χ3v) is 7.69. The second-order valence-electron chi connectivity index (χ2n) is 9.36. The molecule has 4 unspecified atom stereocenters. The summed E-state index contributed by atoms with van der Waals surface area (Å²) in [4.78, 5) is 0. The number of allylic oxidation sites excluding steroid dienone is 2. The van der Waals surface area contributed by atoms with Crippen LogP contribution < -0.4 is 0 Å². The summed E-state index contributed by atoms with van der Waals surface area (Å²) < 4.78 is 30.0. The van der Waals surface area contributed by atoms with Crippen LogP contribution in [0, 0.1) is 29.4 Å². The lowest BCUT2D eigenvalue weighted by Crippen LogP contribution is -2.30. The van der Waals surface area contributed by atoms with Crippen molar-refractivity contribution in [1.29, 1.82) is 0 Å². The second-order valence-corrected chi connectivity index (χ2v) is 9.36. The number of aryl methyl sites for hydroxylation is 1. The monoisotopic (exact) mass is 396 g/mol. The molecule has 2 fully saturated rings. The van der Waals surface area contributed by atoms with Crippen molar-refractivity contribution in [2.45, 2.75) is 77.6 Å². The van der Waals surface area contributed by atoms with Gasteiger partial charge in [0, 0.05) is 0 Å². The zero-order chi connectivity index (χ0) is 20.4. The molecular weight excluding hydrogens is 362 g/mol. The summed E-state index contributed by atoms with van der Waals surface area (Å²) in [6.45, 7) is 4.28. The van der Waals surface area contributed by atoms with Gasteiger partial charge in [0.25, 0.3) is 0 Å². The highest BCUT2D eigenvalue weighted by Crippen LogP contribution is 2.48. The van der Waals surface area contributed by atoms with E-state index in [0.717, 1.165) is 36.2 Å². The summed E-state index contributed by atoms with van der Waals surface area (Å²) in [6, 6.07) is 7.44. The Morgan fingerprint density at radius 3 is 2.59 bits per heavy atom. The molecule has 2 heteroatoms. The molecule has 2 saturated carbocycles. The number of hydrogen-bond acceptors (Lipinski definition) is 0. The first-order valence-electron chi connectivity index (χ1n) is 11.6. The van der Waals surface area contributed by atoms with Crippen LogP contribution in [0.5, 0.6) is 0 Å². The smallest absolute Gasteiger partial charge is 0.137 e. The first kappa shape index (κ1) is 20.6. The average molecular weight is 397 g/mol. The van der Waals surface area contributed by atoms with Gasteiger partial charge in [0.2, 0.25) is 0 Å². The molecule has 2 aliphatic carbocycles. The predicted molar refractivity (Wildman–Crippen MR) is 118 cm³/mol. The molecule has 156 valence electrons. The van der Waals surface area contributed by atoms with Crippen molar-refractivity contribution in [2.75, 3.05) is 0 Å². The van der Waals surface area contributed by atoms with Crippen LogP contribution in [0.3, 0.4) is 0 Å². The molecule has 2 aliphatic rings. The Morgan fingerprint density at radius 1 is 1.00 bits per heavy atom. The van der Waals surface area contributed by atoms with Gasteiger partial charge in [0.05, 0.1) is 5.39 Å². The minimum atomic E-state index is -0.389. The zero-order valence-corrected chi connectivity index (χ0v) is 17.9. The number of fused-ring (bicyclic) bond motifs is 2. The Bertz CT molecular complexity index is 882. The largest absolute Gasteiger partial charge is 0.206 e. The Morgan fingerprint density at radius 2 is 1.79 bits per heavy atom. The first-order chi connectivity index (χ1) is 14.1. The molecule has 0 bridgehead atoms. The predicted octanol–water partition coefficient (Wildman–Crippen LogP) is 8.34. The lowest BCUT2D eigenvalue weighted by Gasteiger charge is -2.42. The normalized spacial score (nSPS) is 27.4. The van der Waals surface area contributed by atoms with Crippen molar-refractivity contribution >= 4 is 10.8 Å². The van der Waals surface area contributed by atoms with Gasteiger partial charge in [-0.3, -0.25) is 0 Å². The van der Waals surface area contributed by atoms with Gasteiger partial charge < -0.3 is 0 Å². The van der Waals surface area contributed by atoms with Crippen molar-refractivity contribution in [2.24, 2.45) is 17.8 Å². The number of hydrogen-bond donors (Lipinski definition) is 0. The molecule has 0 spiro atoms. The SMILES string of the molecule is C/C=C/CCc1ccc2cc(C3CCC4CC(CC)CCC4C3)cc(F)c2c1F.